The summed E-state index contributed by atoms with van der Waals surface area (Å²) in [6, 6.07) is 1.79. The lowest BCUT2D eigenvalue weighted by Gasteiger charge is -2.14. The number of halogens is 16. The van der Waals surface area contributed by atoms with Crippen molar-refractivity contribution in [1.82, 2.24) is 0 Å². The molecule has 0 saturated heterocycles. The Balaban J connectivity index is 2.31. The highest BCUT2D eigenvalue weighted by Crippen LogP contribution is 2.56. The number of nitrogens with two attached hydrogens (primary N) is 1. The molecule has 0 amide bonds. The summed E-state index contributed by atoms with van der Waals surface area (Å²) in [5.41, 5.74) is -15.5. The molecule has 2 N–H and O–H groups in total. The average Bonchev–Trinajstić information content (AvgIpc) is 3.74. The van der Waals surface area contributed by atoms with Gasteiger partial charge in [0.25, 0.3) is 0 Å². The lowest BCUT2D eigenvalue weighted by molar-refractivity contribution is -0.143. The molecule has 0 aromatic heterocycles. The van der Waals surface area contributed by atoms with Crippen LogP contribution in [-0.4, -0.2) is 0 Å². The highest BCUT2D eigenvalue weighted by molar-refractivity contribution is 6.10. The van der Waals surface area contributed by atoms with Crippen LogP contribution in [0.3, 0.4) is 0 Å². The van der Waals surface area contributed by atoms with Gasteiger partial charge in [0.2, 0.25) is 5.82 Å². The molecule has 0 spiro atoms. The minimum atomic E-state index is -6.09. The summed E-state index contributed by atoms with van der Waals surface area (Å²) in [5.74, 6) is -35.2. The number of hydrogen-bond acceptors (Lipinski definition) is 3. The van der Waals surface area contributed by atoms with Gasteiger partial charge in [0.05, 0.1) is 33.5 Å². The predicted molar refractivity (Wildman–Crippen MR) is 125 cm³/mol. The second-order valence-electron chi connectivity index (χ2n) is 9.22. The maximum Gasteiger partial charge on any atom is 0.422 e. The van der Waals surface area contributed by atoms with Gasteiger partial charge >= 0.3 is 6.18 Å². The van der Waals surface area contributed by atoms with Crippen molar-refractivity contribution in [3.8, 4) is 12.1 Å². The standard InChI is InChI=1S/C28H5F16N3/c1-4-14(29)16(31)9(17(32)15(4)30)5(2-45)7-8(6(3-46)10-18(33)24(39)26(41)25(40)19(10)34)11(7)27(47)12-20(35)22(37)13(28(42,43)44)23(38)21(12)36/h47H2,1H3. The zero-order valence-electron chi connectivity index (χ0n) is 22.0. The lowest BCUT2D eigenvalue weighted by atomic mass is 9.99. The van der Waals surface area contributed by atoms with E-state index in [4.69, 9.17) is 5.73 Å². The van der Waals surface area contributed by atoms with E-state index in [2.05, 4.69) is 0 Å². The molecule has 0 heterocycles. The maximum atomic E-state index is 14.9. The van der Waals surface area contributed by atoms with Gasteiger partial charge in [-0.1, -0.05) is 0 Å². The fourth-order valence-corrected chi connectivity index (χ4v) is 4.46. The molecule has 1 saturated carbocycles. The van der Waals surface area contributed by atoms with E-state index >= 15 is 0 Å². The third kappa shape index (κ3) is 4.93. The highest BCUT2D eigenvalue weighted by Gasteiger charge is 2.47. The van der Waals surface area contributed by atoms with Crippen molar-refractivity contribution in [2.45, 2.75) is 13.1 Å². The molecule has 244 valence electrons. The summed E-state index contributed by atoms with van der Waals surface area (Å²) in [4.78, 5) is 0. The van der Waals surface area contributed by atoms with E-state index in [1.54, 1.807) is 0 Å². The van der Waals surface area contributed by atoms with Gasteiger partial charge in [-0.15, -0.1) is 0 Å². The molecule has 4 rings (SSSR count). The first-order valence-corrected chi connectivity index (χ1v) is 11.8. The van der Waals surface area contributed by atoms with Gasteiger partial charge in [0.1, 0.15) is 17.7 Å². The molecule has 0 radical (unpaired) electrons. The van der Waals surface area contributed by atoms with Gasteiger partial charge in [-0.25, -0.2) is 57.1 Å². The van der Waals surface area contributed by atoms with E-state index in [0.29, 0.717) is 6.92 Å². The topological polar surface area (TPSA) is 73.6 Å². The zero-order valence-corrected chi connectivity index (χ0v) is 22.0. The molecule has 19 heteroatoms. The molecule has 47 heavy (non-hydrogen) atoms. The van der Waals surface area contributed by atoms with Crippen molar-refractivity contribution in [2.24, 2.45) is 5.73 Å². The lowest BCUT2D eigenvalue weighted by Crippen LogP contribution is -2.18. The van der Waals surface area contributed by atoms with Crippen LogP contribution in [0.2, 0.25) is 0 Å². The van der Waals surface area contributed by atoms with Crippen molar-refractivity contribution in [3.05, 3.63) is 120 Å². The summed E-state index contributed by atoms with van der Waals surface area (Å²) >= 11 is 0. The minimum Gasteiger partial charge on any atom is -0.398 e. The molecule has 0 aliphatic heterocycles. The van der Waals surface area contributed by atoms with Crippen LogP contribution in [0, 0.1) is 105 Å². The third-order valence-corrected chi connectivity index (χ3v) is 6.69. The first-order valence-electron chi connectivity index (χ1n) is 11.8. The molecule has 0 unspecified atom stereocenters. The fraction of sp³-hybridized carbons (Fsp3) is 0.0714. The number of nitrogens with zero attached hydrogens (tertiary/aromatic N) is 2. The number of benzene rings is 3. The van der Waals surface area contributed by atoms with Gasteiger partial charge in [0.15, 0.2) is 69.8 Å². The molecule has 3 nitrogen and oxygen atoms in total. The molecular formula is C28H5F16N3. The average molecular weight is 687 g/mol. The first kappa shape index (κ1) is 34.4. The maximum absolute atomic E-state index is 14.9. The Morgan fingerprint density at radius 2 is 0.766 bits per heavy atom. The van der Waals surface area contributed by atoms with Crippen molar-refractivity contribution in [1.29, 1.82) is 10.5 Å². The van der Waals surface area contributed by atoms with E-state index in [-0.39, 0.29) is 0 Å². The smallest absolute Gasteiger partial charge is 0.398 e. The molecule has 1 aliphatic carbocycles. The van der Waals surface area contributed by atoms with Crippen LogP contribution in [0.5, 0.6) is 0 Å². The van der Waals surface area contributed by atoms with Crippen molar-refractivity contribution < 1.29 is 70.2 Å². The van der Waals surface area contributed by atoms with Crippen LogP contribution in [0.4, 0.5) is 70.2 Å². The number of rotatable bonds is 3. The monoisotopic (exact) mass is 687 g/mol. The van der Waals surface area contributed by atoms with E-state index < -0.39 is 143 Å². The molecule has 1 aliphatic rings. The Hall–Kier alpha value is -5.46. The van der Waals surface area contributed by atoms with Crippen LogP contribution >= 0.6 is 0 Å². The van der Waals surface area contributed by atoms with Crippen LogP contribution in [0.25, 0.3) is 16.8 Å². The largest absolute Gasteiger partial charge is 0.422 e. The number of nitriles is 2. The number of alkyl halides is 3. The van der Waals surface area contributed by atoms with Crippen LogP contribution < -0.4 is 5.73 Å². The number of allylic oxidation sites excluding steroid dienone is 5. The summed E-state index contributed by atoms with van der Waals surface area (Å²) in [7, 11) is 0. The van der Waals surface area contributed by atoms with Gasteiger partial charge in [-0.3, -0.25) is 0 Å². The summed E-state index contributed by atoms with van der Waals surface area (Å²) in [6.45, 7) is 0.502. The summed E-state index contributed by atoms with van der Waals surface area (Å²) < 4.78 is 227. The number of hydrogen-bond donors (Lipinski definition) is 1. The third-order valence-electron chi connectivity index (χ3n) is 6.69. The van der Waals surface area contributed by atoms with Crippen LogP contribution in [0.1, 0.15) is 27.8 Å². The van der Waals surface area contributed by atoms with Crippen molar-refractivity contribution >= 4 is 16.8 Å². The molecule has 0 bridgehead atoms. The Morgan fingerprint density at radius 1 is 0.468 bits per heavy atom. The normalized spacial score (nSPS) is 16.1. The van der Waals surface area contributed by atoms with Crippen molar-refractivity contribution in [2.75, 3.05) is 0 Å². The van der Waals surface area contributed by atoms with Gasteiger partial charge in [-0.2, -0.15) is 23.7 Å². The second kappa shape index (κ2) is 11.4. The predicted octanol–water partition coefficient (Wildman–Crippen LogP) is 8.46. The van der Waals surface area contributed by atoms with Gasteiger partial charge in [-0.05, 0) is 6.92 Å². The molecule has 3 aromatic rings. The second-order valence-corrected chi connectivity index (χ2v) is 9.22. The zero-order chi connectivity index (χ0) is 35.8. The highest BCUT2D eigenvalue weighted by atomic mass is 19.4. The van der Waals surface area contributed by atoms with Crippen LogP contribution in [0.15, 0.2) is 16.7 Å². The Morgan fingerprint density at radius 3 is 1.09 bits per heavy atom. The van der Waals surface area contributed by atoms with E-state index in [9.17, 15) is 80.8 Å². The molecular weight excluding hydrogens is 682 g/mol. The van der Waals surface area contributed by atoms with Gasteiger partial charge in [0, 0.05) is 22.3 Å². The first-order chi connectivity index (χ1) is 21.7. The van der Waals surface area contributed by atoms with Crippen molar-refractivity contribution in [3.63, 3.8) is 0 Å². The molecule has 0 atom stereocenters. The van der Waals surface area contributed by atoms with Gasteiger partial charge < -0.3 is 5.73 Å². The quantitative estimate of drug-likeness (QED) is 0.130. The molecule has 3 aromatic carbocycles. The Kier molecular flexibility index (Phi) is 8.35. The van der Waals surface area contributed by atoms with E-state index in [0.717, 1.165) is 12.1 Å². The van der Waals surface area contributed by atoms with E-state index in [1.807, 2.05) is 0 Å². The SMILES string of the molecule is Cc1c(F)c(F)c(C(C#N)=C2C(=C(C#N)c3c(F)c(F)c(F)c(F)c3F)C2=C(N)c2c(F)c(F)c(C(F)(F)F)c(F)c2F)c(F)c1F. The Labute approximate surface area is 249 Å². The van der Waals surface area contributed by atoms with E-state index in [1.165, 1.54) is 0 Å². The molecule has 1 fully saturated rings. The minimum absolute atomic E-state index is 0.502. The summed E-state index contributed by atoms with van der Waals surface area (Å²) in [6.07, 6.45) is -6.09. The fourth-order valence-electron chi connectivity index (χ4n) is 4.46. The summed E-state index contributed by atoms with van der Waals surface area (Å²) in [5, 5.41) is 19.3. The Bertz CT molecular complexity index is 1950. The van der Waals surface area contributed by atoms with Crippen LogP contribution in [-0.2, 0) is 6.18 Å².